The zero-order valence-corrected chi connectivity index (χ0v) is 41.3. The molecule has 6 nitrogen and oxygen atoms in total. The number of carbonyl (C=O) groups is 3. The van der Waals surface area contributed by atoms with Crippen molar-refractivity contribution in [3.8, 4) is 0 Å². The SMILES string of the molecule is CC(C)CCCCCCCCCCCCCCCCC(=O)O[C@H](COC(=O)CCCCCCCCCCCCC(C)C)COC(=O)CCCCCCCCCCCC(C)C. The second kappa shape index (κ2) is 45.4. The van der Waals surface area contributed by atoms with Crippen LogP contribution < -0.4 is 0 Å². The molecule has 0 radical (unpaired) electrons. The van der Waals surface area contributed by atoms with Gasteiger partial charge < -0.3 is 14.2 Å². The summed E-state index contributed by atoms with van der Waals surface area (Å²) in [5, 5.41) is 0. The number of hydrogen-bond acceptors (Lipinski definition) is 6. The van der Waals surface area contributed by atoms with Gasteiger partial charge in [-0.25, -0.2) is 0 Å². The van der Waals surface area contributed by atoms with Crippen LogP contribution in [0.2, 0.25) is 0 Å². The topological polar surface area (TPSA) is 78.9 Å². The van der Waals surface area contributed by atoms with Gasteiger partial charge in [-0.15, -0.1) is 0 Å². The first-order valence-corrected chi connectivity index (χ1v) is 26.6. The van der Waals surface area contributed by atoms with Gasteiger partial charge in [0, 0.05) is 19.3 Å². The van der Waals surface area contributed by atoms with E-state index < -0.39 is 6.10 Å². The molecule has 1 atom stereocenters. The Balaban J connectivity index is 4.31. The van der Waals surface area contributed by atoms with Crippen LogP contribution >= 0.6 is 0 Å². The van der Waals surface area contributed by atoms with E-state index in [0.29, 0.717) is 19.3 Å². The normalized spacial score (nSPS) is 12.2. The summed E-state index contributed by atoms with van der Waals surface area (Å²) in [6.07, 6.45) is 45.2. The summed E-state index contributed by atoms with van der Waals surface area (Å²) in [5.41, 5.74) is 0. The zero-order valence-electron chi connectivity index (χ0n) is 41.3. The first-order chi connectivity index (χ1) is 29.1. The van der Waals surface area contributed by atoms with Crippen LogP contribution in [0.3, 0.4) is 0 Å². The van der Waals surface area contributed by atoms with Gasteiger partial charge >= 0.3 is 17.9 Å². The van der Waals surface area contributed by atoms with Gasteiger partial charge in [-0.3, -0.25) is 14.4 Å². The molecule has 0 saturated carbocycles. The van der Waals surface area contributed by atoms with E-state index >= 15 is 0 Å². The highest BCUT2D eigenvalue weighted by molar-refractivity contribution is 5.71. The molecule has 0 aliphatic heterocycles. The Kier molecular flexibility index (Phi) is 44.2. The summed E-state index contributed by atoms with van der Waals surface area (Å²) in [5.74, 6) is 1.62. The fourth-order valence-electron chi connectivity index (χ4n) is 8.12. The van der Waals surface area contributed by atoms with Crippen LogP contribution in [0.1, 0.15) is 292 Å². The Labute approximate surface area is 374 Å². The van der Waals surface area contributed by atoms with Crippen molar-refractivity contribution in [3.63, 3.8) is 0 Å². The molecule has 60 heavy (non-hydrogen) atoms. The fourth-order valence-corrected chi connectivity index (χ4v) is 8.12. The third kappa shape index (κ3) is 47.5. The van der Waals surface area contributed by atoms with Crippen LogP contribution in [-0.2, 0) is 28.6 Å². The zero-order chi connectivity index (χ0) is 44.2. The van der Waals surface area contributed by atoms with E-state index in [4.69, 9.17) is 14.2 Å². The Morgan fingerprint density at radius 2 is 0.483 bits per heavy atom. The van der Waals surface area contributed by atoms with Gasteiger partial charge in [0.25, 0.3) is 0 Å². The van der Waals surface area contributed by atoms with Crippen LogP contribution in [-0.4, -0.2) is 37.2 Å². The van der Waals surface area contributed by atoms with Crippen LogP contribution in [0.25, 0.3) is 0 Å². The molecule has 0 aromatic carbocycles. The van der Waals surface area contributed by atoms with E-state index in [1.165, 1.54) is 173 Å². The molecule has 0 unspecified atom stereocenters. The summed E-state index contributed by atoms with van der Waals surface area (Å²) in [4.78, 5) is 38.0. The standard InChI is InChI=1S/C54H104O6/c1-48(2)40-34-28-22-16-11-9-7-8-10-12-20-27-33-39-45-54(57)60-51(47-59-53(56)44-38-32-26-21-15-18-24-30-36-42-50(5)6)46-58-52(55)43-37-31-25-19-14-13-17-23-29-35-41-49(3)4/h48-51H,7-47H2,1-6H3/t51-/m1/s1. The highest BCUT2D eigenvalue weighted by Crippen LogP contribution is 2.18. The maximum absolute atomic E-state index is 12.8. The molecule has 0 heterocycles. The number of hydrogen-bond donors (Lipinski definition) is 0. The molecular formula is C54H104O6. The number of rotatable bonds is 47. The minimum absolute atomic E-state index is 0.0647. The molecule has 0 N–H and O–H groups in total. The van der Waals surface area contributed by atoms with Crippen molar-refractivity contribution in [3.05, 3.63) is 0 Å². The average molecular weight is 849 g/mol. The molecule has 0 aromatic heterocycles. The quantitative estimate of drug-likeness (QED) is 0.0345. The third-order valence-corrected chi connectivity index (χ3v) is 12.1. The van der Waals surface area contributed by atoms with Crippen molar-refractivity contribution in [2.75, 3.05) is 13.2 Å². The van der Waals surface area contributed by atoms with Gasteiger partial charge in [-0.1, -0.05) is 253 Å². The number of unbranched alkanes of at least 4 members (excludes halogenated alkanes) is 30. The molecule has 0 aliphatic carbocycles. The minimum Gasteiger partial charge on any atom is -0.462 e. The Morgan fingerprint density at radius 3 is 0.717 bits per heavy atom. The molecule has 0 aromatic rings. The van der Waals surface area contributed by atoms with Crippen molar-refractivity contribution in [2.24, 2.45) is 17.8 Å². The first kappa shape index (κ1) is 58.4. The molecule has 0 rings (SSSR count). The van der Waals surface area contributed by atoms with E-state index in [-0.39, 0.29) is 31.1 Å². The van der Waals surface area contributed by atoms with Gasteiger partial charge in [0.15, 0.2) is 6.10 Å². The number of esters is 3. The molecule has 6 heteroatoms. The van der Waals surface area contributed by atoms with Gasteiger partial charge in [-0.2, -0.15) is 0 Å². The summed E-state index contributed by atoms with van der Waals surface area (Å²) in [6.45, 7) is 13.7. The smallest absolute Gasteiger partial charge is 0.306 e. The number of ether oxygens (including phenoxy) is 3. The first-order valence-electron chi connectivity index (χ1n) is 26.6. The largest absolute Gasteiger partial charge is 0.462 e. The minimum atomic E-state index is -0.763. The van der Waals surface area contributed by atoms with E-state index in [0.717, 1.165) is 75.5 Å². The predicted molar refractivity (Wildman–Crippen MR) is 256 cm³/mol. The molecule has 0 fully saturated rings. The summed E-state index contributed by atoms with van der Waals surface area (Å²) in [6, 6.07) is 0. The second-order valence-electron chi connectivity index (χ2n) is 19.9. The van der Waals surface area contributed by atoms with Gasteiger partial charge in [0.05, 0.1) is 0 Å². The molecule has 0 spiro atoms. The summed E-state index contributed by atoms with van der Waals surface area (Å²) in [7, 11) is 0. The molecule has 356 valence electrons. The monoisotopic (exact) mass is 849 g/mol. The van der Waals surface area contributed by atoms with Gasteiger partial charge in [-0.05, 0) is 37.0 Å². The van der Waals surface area contributed by atoms with Crippen LogP contribution in [0.15, 0.2) is 0 Å². The lowest BCUT2D eigenvalue weighted by atomic mass is 10.0. The van der Waals surface area contributed by atoms with E-state index in [2.05, 4.69) is 41.5 Å². The second-order valence-corrected chi connectivity index (χ2v) is 19.9. The van der Waals surface area contributed by atoms with Crippen molar-refractivity contribution in [2.45, 2.75) is 298 Å². The van der Waals surface area contributed by atoms with Crippen molar-refractivity contribution in [1.29, 1.82) is 0 Å². The summed E-state index contributed by atoms with van der Waals surface area (Å²) >= 11 is 0. The molecule has 0 bridgehead atoms. The predicted octanol–water partition coefficient (Wildman–Crippen LogP) is 17.2. The van der Waals surface area contributed by atoms with Crippen molar-refractivity contribution < 1.29 is 28.6 Å². The van der Waals surface area contributed by atoms with E-state index in [9.17, 15) is 14.4 Å². The van der Waals surface area contributed by atoms with Crippen LogP contribution in [0, 0.1) is 17.8 Å². The van der Waals surface area contributed by atoms with Gasteiger partial charge in [0.2, 0.25) is 0 Å². The highest BCUT2D eigenvalue weighted by Gasteiger charge is 2.19. The van der Waals surface area contributed by atoms with E-state index in [1.807, 2.05) is 0 Å². The highest BCUT2D eigenvalue weighted by atomic mass is 16.6. The Bertz CT molecular complexity index is 929. The molecule has 0 amide bonds. The molecular weight excluding hydrogens is 745 g/mol. The van der Waals surface area contributed by atoms with Crippen molar-refractivity contribution >= 4 is 17.9 Å². The maximum atomic E-state index is 12.8. The Morgan fingerprint density at radius 1 is 0.283 bits per heavy atom. The molecule has 0 aliphatic rings. The summed E-state index contributed by atoms with van der Waals surface area (Å²) < 4.78 is 16.8. The van der Waals surface area contributed by atoms with E-state index in [1.54, 1.807) is 0 Å². The lowest BCUT2D eigenvalue weighted by Crippen LogP contribution is -2.30. The Hall–Kier alpha value is -1.59. The molecule has 0 saturated heterocycles. The number of carbonyl (C=O) groups excluding carboxylic acids is 3. The van der Waals surface area contributed by atoms with Gasteiger partial charge in [0.1, 0.15) is 13.2 Å². The van der Waals surface area contributed by atoms with Crippen molar-refractivity contribution in [1.82, 2.24) is 0 Å². The lowest BCUT2D eigenvalue weighted by molar-refractivity contribution is -0.167. The average Bonchev–Trinajstić information content (AvgIpc) is 3.20. The fraction of sp³-hybridized carbons (Fsp3) is 0.944. The van der Waals surface area contributed by atoms with Crippen LogP contribution in [0.5, 0.6) is 0 Å². The maximum Gasteiger partial charge on any atom is 0.306 e. The van der Waals surface area contributed by atoms with Crippen LogP contribution in [0.4, 0.5) is 0 Å². The lowest BCUT2D eigenvalue weighted by Gasteiger charge is -2.18. The third-order valence-electron chi connectivity index (χ3n) is 12.1.